The van der Waals surface area contributed by atoms with E-state index in [-0.39, 0.29) is 24.0 Å². The van der Waals surface area contributed by atoms with Gasteiger partial charge >= 0.3 is 5.97 Å². The van der Waals surface area contributed by atoms with Gasteiger partial charge in [-0.1, -0.05) is 23.2 Å². The summed E-state index contributed by atoms with van der Waals surface area (Å²) >= 11 is 1.13. The lowest BCUT2D eigenvalue weighted by atomic mass is 10.3. The van der Waals surface area contributed by atoms with Crippen LogP contribution >= 0.6 is 11.3 Å². The van der Waals surface area contributed by atoms with Gasteiger partial charge in [0.25, 0.3) is 0 Å². The first kappa shape index (κ1) is 12.5. The fraction of sp³-hybridized carbons (Fsp3) is 0.400. The number of esters is 1. The van der Waals surface area contributed by atoms with Crippen LogP contribution in [0.1, 0.15) is 28.7 Å². The molecule has 0 aliphatic carbocycles. The molecule has 0 aliphatic rings. The number of ether oxygens (including phenoxy) is 1. The summed E-state index contributed by atoms with van der Waals surface area (Å²) in [4.78, 5) is 15.8. The fourth-order valence-corrected chi connectivity index (χ4v) is 1.65. The van der Waals surface area contributed by atoms with Gasteiger partial charge in [0, 0.05) is 6.42 Å². The van der Waals surface area contributed by atoms with Crippen molar-refractivity contribution in [3.63, 3.8) is 0 Å². The van der Waals surface area contributed by atoms with Gasteiger partial charge in [0.05, 0.1) is 13.2 Å². The third kappa shape index (κ3) is 3.22. The van der Waals surface area contributed by atoms with E-state index in [0.717, 1.165) is 11.3 Å². The standard InChI is InChI=1S/C10H12N2O3S/c1-2-15-9(14)8-7(5-3-4-6-13)16-10(11)12-8/h13H,2,4,6H2,1H3,(H2,11,12). The van der Waals surface area contributed by atoms with Crippen molar-refractivity contribution < 1.29 is 14.6 Å². The summed E-state index contributed by atoms with van der Waals surface area (Å²) in [5.74, 6) is 4.92. The first-order valence-corrected chi connectivity index (χ1v) is 5.53. The molecule has 1 rings (SSSR count). The highest BCUT2D eigenvalue weighted by atomic mass is 32.1. The Bertz CT molecular complexity index is 431. The third-order valence-corrected chi connectivity index (χ3v) is 2.35. The topological polar surface area (TPSA) is 85.4 Å². The SMILES string of the molecule is CCOC(=O)c1nc(N)sc1C#CCCO. The average Bonchev–Trinajstić information content (AvgIpc) is 2.61. The second-order valence-electron chi connectivity index (χ2n) is 2.73. The van der Waals surface area contributed by atoms with Crippen molar-refractivity contribution in [3.05, 3.63) is 10.6 Å². The Morgan fingerprint density at radius 2 is 2.44 bits per heavy atom. The number of anilines is 1. The van der Waals surface area contributed by atoms with Gasteiger partial charge in [-0.3, -0.25) is 0 Å². The van der Waals surface area contributed by atoms with Crippen LogP contribution in [-0.4, -0.2) is 29.3 Å². The van der Waals surface area contributed by atoms with Crippen LogP contribution in [0.4, 0.5) is 5.13 Å². The van der Waals surface area contributed by atoms with Crippen molar-refractivity contribution in [1.29, 1.82) is 0 Å². The first-order chi connectivity index (χ1) is 7.69. The summed E-state index contributed by atoms with van der Waals surface area (Å²) in [6.07, 6.45) is 0.347. The van der Waals surface area contributed by atoms with Crippen molar-refractivity contribution in [2.24, 2.45) is 0 Å². The van der Waals surface area contributed by atoms with Crippen molar-refractivity contribution in [2.45, 2.75) is 13.3 Å². The number of hydrogen-bond acceptors (Lipinski definition) is 6. The molecule has 0 saturated carbocycles. The van der Waals surface area contributed by atoms with Crippen LogP contribution in [-0.2, 0) is 4.74 Å². The Morgan fingerprint density at radius 3 is 3.06 bits per heavy atom. The Morgan fingerprint density at radius 1 is 1.69 bits per heavy atom. The molecule has 0 unspecified atom stereocenters. The second-order valence-corrected chi connectivity index (χ2v) is 3.76. The van der Waals surface area contributed by atoms with Crippen LogP contribution in [0.5, 0.6) is 0 Å². The number of nitrogens with two attached hydrogens (primary N) is 1. The molecule has 0 fully saturated rings. The number of carbonyl (C=O) groups is 1. The average molecular weight is 240 g/mol. The van der Waals surface area contributed by atoms with E-state index in [2.05, 4.69) is 16.8 Å². The van der Waals surface area contributed by atoms with E-state index in [1.807, 2.05) is 0 Å². The molecule has 1 aromatic heterocycles. The van der Waals surface area contributed by atoms with Crippen LogP contribution in [0.25, 0.3) is 0 Å². The lowest BCUT2D eigenvalue weighted by Crippen LogP contribution is -2.06. The van der Waals surface area contributed by atoms with Gasteiger partial charge in [-0.15, -0.1) is 0 Å². The summed E-state index contributed by atoms with van der Waals surface area (Å²) < 4.78 is 4.82. The molecule has 6 heteroatoms. The predicted octanol–water partition coefficient (Wildman–Crippen LogP) is 0.636. The van der Waals surface area contributed by atoms with E-state index in [0.29, 0.717) is 11.3 Å². The number of aromatic nitrogens is 1. The maximum Gasteiger partial charge on any atom is 0.359 e. The zero-order valence-electron chi connectivity index (χ0n) is 8.82. The Hall–Kier alpha value is -1.58. The minimum atomic E-state index is -0.524. The molecule has 0 saturated heterocycles. The van der Waals surface area contributed by atoms with E-state index >= 15 is 0 Å². The van der Waals surface area contributed by atoms with E-state index in [4.69, 9.17) is 15.6 Å². The lowest BCUT2D eigenvalue weighted by Gasteiger charge is -1.97. The van der Waals surface area contributed by atoms with Crippen LogP contribution in [0.2, 0.25) is 0 Å². The number of thiazole rings is 1. The van der Waals surface area contributed by atoms with Crippen LogP contribution in [0, 0.1) is 11.8 Å². The van der Waals surface area contributed by atoms with Gasteiger partial charge in [0.1, 0.15) is 4.88 Å². The Labute approximate surface area is 97.3 Å². The number of aliphatic hydroxyl groups excluding tert-OH is 1. The highest BCUT2D eigenvalue weighted by Crippen LogP contribution is 2.20. The number of nitrogens with zero attached hydrogens (tertiary/aromatic N) is 1. The maximum absolute atomic E-state index is 11.5. The molecule has 86 valence electrons. The molecule has 1 heterocycles. The molecule has 0 bridgehead atoms. The molecule has 0 amide bonds. The fourth-order valence-electron chi connectivity index (χ4n) is 0.958. The molecular weight excluding hydrogens is 228 g/mol. The zero-order chi connectivity index (χ0) is 12.0. The molecule has 0 radical (unpaired) electrons. The Kier molecular flexibility index (Phi) is 4.76. The van der Waals surface area contributed by atoms with E-state index in [1.54, 1.807) is 6.92 Å². The van der Waals surface area contributed by atoms with Crippen LogP contribution < -0.4 is 5.73 Å². The number of hydrogen-bond donors (Lipinski definition) is 2. The number of nitrogen functional groups attached to an aromatic ring is 1. The molecule has 0 spiro atoms. The molecule has 1 aromatic rings. The highest BCUT2D eigenvalue weighted by molar-refractivity contribution is 7.16. The van der Waals surface area contributed by atoms with E-state index < -0.39 is 5.97 Å². The summed E-state index contributed by atoms with van der Waals surface area (Å²) in [6, 6.07) is 0. The van der Waals surface area contributed by atoms with Crippen LogP contribution in [0.15, 0.2) is 0 Å². The van der Waals surface area contributed by atoms with Gasteiger partial charge in [0.15, 0.2) is 10.8 Å². The second kappa shape index (κ2) is 6.10. The molecular formula is C10H12N2O3S. The van der Waals surface area contributed by atoms with Crippen molar-refractivity contribution in [1.82, 2.24) is 4.98 Å². The van der Waals surface area contributed by atoms with Gasteiger partial charge < -0.3 is 15.6 Å². The van der Waals surface area contributed by atoms with E-state index in [1.165, 1.54) is 0 Å². The third-order valence-electron chi connectivity index (χ3n) is 1.55. The molecule has 3 N–H and O–H groups in total. The minimum Gasteiger partial charge on any atom is -0.461 e. The molecule has 16 heavy (non-hydrogen) atoms. The van der Waals surface area contributed by atoms with Crippen molar-refractivity contribution in [2.75, 3.05) is 18.9 Å². The van der Waals surface area contributed by atoms with Crippen molar-refractivity contribution >= 4 is 22.4 Å². The van der Waals surface area contributed by atoms with Crippen LogP contribution in [0.3, 0.4) is 0 Å². The number of carbonyl (C=O) groups excluding carboxylic acids is 1. The summed E-state index contributed by atoms with van der Waals surface area (Å²) in [5, 5.41) is 8.86. The molecule has 0 aromatic carbocycles. The monoisotopic (exact) mass is 240 g/mol. The van der Waals surface area contributed by atoms with E-state index in [9.17, 15) is 4.79 Å². The molecule has 0 aliphatic heterocycles. The summed E-state index contributed by atoms with van der Waals surface area (Å²) in [7, 11) is 0. The summed E-state index contributed by atoms with van der Waals surface area (Å²) in [6.45, 7) is 1.97. The Balaban J connectivity index is 2.92. The first-order valence-electron chi connectivity index (χ1n) is 4.72. The number of aliphatic hydroxyl groups is 1. The molecule has 0 atom stereocenters. The lowest BCUT2D eigenvalue weighted by molar-refractivity contribution is 0.0520. The van der Waals surface area contributed by atoms with Gasteiger partial charge in [-0.2, -0.15) is 0 Å². The zero-order valence-corrected chi connectivity index (χ0v) is 9.63. The van der Waals surface area contributed by atoms with Crippen molar-refractivity contribution in [3.8, 4) is 11.8 Å². The largest absolute Gasteiger partial charge is 0.461 e. The van der Waals surface area contributed by atoms with Gasteiger partial charge in [-0.05, 0) is 6.92 Å². The minimum absolute atomic E-state index is 0.0178. The quantitative estimate of drug-likeness (QED) is 0.598. The highest BCUT2D eigenvalue weighted by Gasteiger charge is 2.16. The van der Waals surface area contributed by atoms with Gasteiger partial charge in [-0.25, -0.2) is 9.78 Å². The molecule has 5 nitrogen and oxygen atoms in total. The number of rotatable bonds is 3. The smallest absolute Gasteiger partial charge is 0.359 e. The normalized spacial score (nSPS) is 9.38. The van der Waals surface area contributed by atoms with Gasteiger partial charge in [0.2, 0.25) is 0 Å². The predicted molar refractivity (Wildman–Crippen MR) is 61.1 cm³/mol. The summed E-state index contributed by atoms with van der Waals surface area (Å²) in [5.41, 5.74) is 5.65. The maximum atomic E-state index is 11.5.